The fraction of sp³-hybridized carbons (Fsp3) is 0.706. The lowest BCUT2D eigenvalue weighted by Crippen LogP contribution is -2.44. The predicted octanol–water partition coefficient (Wildman–Crippen LogP) is 2.51. The molecule has 2 saturated heterocycles. The molecule has 2 aliphatic rings. The van der Waals surface area contributed by atoms with Crippen molar-refractivity contribution in [1.29, 1.82) is 0 Å². The van der Waals surface area contributed by atoms with Crippen LogP contribution in [-0.2, 0) is 4.74 Å². The average Bonchev–Trinajstić information content (AvgIpc) is 3.08. The maximum absolute atomic E-state index is 5.59. The van der Waals surface area contributed by atoms with Crippen molar-refractivity contribution in [1.82, 2.24) is 10.3 Å². The van der Waals surface area contributed by atoms with Crippen molar-refractivity contribution in [3.63, 3.8) is 0 Å². The first-order valence-corrected chi connectivity index (χ1v) is 8.33. The van der Waals surface area contributed by atoms with Gasteiger partial charge in [0.25, 0.3) is 0 Å². The molecule has 0 aromatic carbocycles. The van der Waals surface area contributed by atoms with Gasteiger partial charge in [0.05, 0.1) is 6.61 Å². The SMILES string of the molecule is CCC(C)c1ccc(C2CCOC2)c(N2CCNCC2)n1. The van der Waals surface area contributed by atoms with Crippen LogP contribution < -0.4 is 10.2 Å². The fourth-order valence-electron chi connectivity index (χ4n) is 3.19. The van der Waals surface area contributed by atoms with E-state index >= 15 is 0 Å². The first kappa shape index (κ1) is 14.8. The smallest absolute Gasteiger partial charge is 0.132 e. The zero-order valence-corrected chi connectivity index (χ0v) is 13.3. The summed E-state index contributed by atoms with van der Waals surface area (Å²) in [6.07, 6.45) is 2.27. The van der Waals surface area contributed by atoms with E-state index in [1.807, 2.05) is 0 Å². The van der Waals surface area contributed by atoms with Gasteiger partial charge in [-0.2, -0.15) is 0 Å². The number of nitrogens with one attached hydrogen (secondary N) is 1. The highest BCUT2D eigenvalue weighted by molar-refractivity contribution is 5.51. The van der Waals surface area contributed by atoms with E-state index in [0.29, 0.717) is 11.8 Å². The van der Waals surface area contributed by atoms with Gasteiger partial charge in [0.1, 0.15) is 5.82 Å². The number of rotatable bonds is 4. The van der Waals surface area contributed by atoms with E-state index < -0.39 is 0 Å². The third-order valence-electron chi connectivity index (χ3n) is 4.83. The summed E-state index contributed by atoms with van der Waals surface area (Å²) in [7, 11) is 0. The van der Waals surface area contributed by atoms with Crippen molar-refractivity contribution in [2.75, 3.05) is 44.3 Å². The van der Waals surface area contributed by atoms with Gasteiger partial charge in [-0.25, -0.2) is 4.98 Å². The Morgan fingerprint density at radius 1 is 1.38 bits per heavy atom. The van der Waals surface area contributed by atoms with Crippen molar-refractivity contribution in [3.8, 4) is 0 Å². The molecule has 0 radical (unpaired) electrons. The van der Waals surface area contributed by atoms with Crippen molar-refractivity contribution < 1.29 is 4.74 Å². The van der Waals surface area contributed by atoms with Crippen LogP contribution in [0.5, 0.6) is 0 Å². The van der Waals surface area contributed by atoms with Crippen LogP contribution in [-0.4, -0.2) is 44.4 Å². The average molecular weight is 289 g/mol. The Morgan fingerprint density at radius 3 is 2.86 bits per heavy atom. The van der Waals surface area contributed by atoms with E-state index in [2.05, 4.69) is 36.2 Å². The highest BCUT2D eigenvalue weighted by Crippen LogP contribution is 2.33. The van der Waals surface area contributed by atoms with Crippen LogP contribution in [0.4, 0.5) is 5.82 Å². The van der Waals surface area contributed by atoms with E-state index in [1.54, 1.807) is 0 Å². The molecule has 0 amide bonds. The summed E-state index contributed by atoms with van der Waals surface area (Å²) in [5, 5.41) is 3.43. The topological polar surface area (TPSA) is 37.4 Å². The minimum Gasteiger partial charge on any atom is -0.381 e. The molecule has 4 nitrogen and oxygen atoms in total. The van der Waals surface area contributed by atoms with Crippen LogP contribution in [0.15, 0.2) is 12.1 Å². The van der Waals surface area contributed by atoms with Gasteiger partial charge >= 0.3 is 0 Å². The molecule has 1 aromatic rings. The summed E-state index contributed by atoms with van der Waals surface area (Å²) < 4.78 is 5.59. The molecule has 0 bridgehead atoms. The second-order valence-electron chi connectivity index (χ2n) is 6.26. The molecule has 1 aromatic heterocycles. The normalized spacial score (nSPS) is 24.3. The Kier molecular flexibility index (Phi) is 4.76. The highest BCUT2D eigenvalue weighted by Gasteiger charge is 2.25. The Labute approximate surface area is 127 Å². The largest absolute Gasteiger partial charge is 0.381 e. The Hall–Kier alpha value is -1.13. The minimum absolute atomic E-state index is 0.522. The van der Waals surface area contributed by atoms with Crippen LogP contribution in [0.25, 0.3) is 0 Å². The van der Waals surface area contributed by atoms with Crippen molar-refractivity contribution in [2.45, 2.75) is 38.5 Å². The van der Waals surface area contributed by atoms with Gasteiger partial charge in [0.15, 0.2) is 0 Å². The zero-order chi connectivity index (χ0) is 14.7. The molecule has 0 spiro atoms. The molecule has 3 rings (SSSR count). The summed E-state index contributed by atoms with van der Waals surface area (Å²) in [6.45, 7) is 10.4. The number of aromatic nitrogens is 1. The molecule has 21 heavy (non-hydrogen) atoms. The van der Waals surface area contributed by atoms with E-state index in [0.717, 1.165) is 52.2 Å². The van der Waals surface area contributed by atoms with Gasteiger partial charge in [-0.05, 0) is 24.8 Å². The molecule has 2 fully saturated rings. The van der Waals surface area contributed by atoms with Crippen LogP contribution >= 0.6 is 0 Å². The third kappa shape index (κ3) is 3.22. The number of ether oxygens (including phenoxy) is 1. The van der Waals surface area contributed by atoms with Crippen LogP contribution in [0.3, 0.4) is 0 Å². The number of pyridine rings is 1. The molecule has 2 atom stereocenters. The highest BCUT2D eigenvalue weighted by atomic mass is 16.5. The van der Waals surface area contributed by atoms with Crippen LogP contribution in [0.1, 0.15) is 49.8 Å². The number of anilines is 1. The lowest BCUT2D eigenvalue weighted by molar-refractivity contribution is 0.194. The lowest BCUT2D eigenvalue weighted by Gasteiger charge is -2.31. The second kappa shape index (κ2) is 6.75. The van der Waals surface area contributed by atoms with Crippen molar-refractivity contribution in [3.05, 3.63) is 23.4 Å². The van der Waals surface area contributed by atoms with Crippen LogP contribution in [0.2, 0.25) is 0 Å². The molecule has 3 heterocycles. The number of hydrogen-bond donors (Lipinski definition) is 1. The summed E-state index contributed by atoms with van der Waals surface area (Å²) in [5.74, 6) is 2.26. The Bertz CT molecular complexity index is 465. The van der Waals surface area contributed by atoms with Gasteiger partial charge in [-0.1, -0.05) is 19.9 Å². The minimum atomic E-state index is 0.522. The second-order valence-corrected chi connectivity index (χ2v) is 6.26. The third-order valence-corrected chi connectivity index (χ3v) is 4.83. The summed E-state index contributed by atoms with van der Waals surface area (Å²) in [6, 6.07) is 4.54. The van der Waals surface area contributed by atoms with Gasteiger partial charge < -0.3 is 15.0 Å². The molecular formula is C17H27N3O. The number of piperazine rings is 1. The van der Waals surface area contributed by atoms with E-state index in [9.17, 15) is 0 Å². The standard InChI is InChI=1S/C17H27N3O/c1-3-13(2)16-5-4-15(14-6-11-21-12-14)17(19-16)20-9-7-18-8-10-20/h4-5,13-14,18H,3,6-12H2,1-2H3. The van der Waals surface area contributed by atoms with Crippen molar-refractivity contribution in [2.24, 2.45) is 0 Å². The molecule has 2 aliphatic heterocycles. The predicted molar refractivity (Wildman–Crippen MR) is 86.2 cm³/mol. The van der Waals surface area contributed by atoms with Gasteiger partial charge in [-0.3, -0.25) is 0 Å². The molecule has 0 saturated carbocycles. The van der Waals surface area contributed by atoms with Crippen molar-refractivity contribution >= 4 is 5.82 Å². The molecule has 2 unspecified atom stereocenters. The van der Waals surface area contributed by atoms with E-state index in [1.165, 1.54) is 17.1 Å². The molecule has 0 aliphatic carbocycles. The Morgan fingerprint density at radius 2 is 2.19 bits per heavy atom. The van der Waals surface area contributed by atoms with E-state index in [-0.39, 0.29) is 0 Å². The van der Waals surface area contributed by atoms with Gasteiger partial charge in [0.2, 0.25) is 0 Å². The summed E-state index contributed by atoms with van der Waals surface area (Å²) >= 11 is 0. The fourth-order valence-corrected chi connectivity index (χ4v) is 3.19. The number of nitrogens with zero attached hydrogens (tertiary/aromatic N) is 2. The first-order chi connectivity index (χ1) is 10.3. The zero-order valence-electron chi connectivity index (χ0n) is 13.3. The van der Waals surface area contributed by atoms with E-state index in [4.69, 9.17) is 9.72 Å². The maximum Gasteiger partial charge on any atom is 0.132 e. The first-order valence-electron chi connectivity index (χ1n) is 8.33. The monoisotopic (exact) mass is 289 g/mol. The van der Waals surface area contributed by atoms with Gasteiger partial charge in [-0.15, -0.1) is 0 Å². The quantitative estimate of drug-likeness (QED) is 0.924. The molecule has 116 valence electrons. The molecule has 4 heteroatoms. The lowest BCUT2D eigenvalue weighted by atomic mass is 9.96. The van der Waals surface area contributed by atoms with Crippen LogP contribution in [0, 0.1) is 0 Å². The summed E-state index contributed by atoms with van der Waals surface area (Å²) in [5.41, 5.74) is 2.62. The molecule has 1 N–H and O–H groups in total. The van der Waals surface area contributed by atoms with Gasteiger partial charge in [0, 0.05) is 50.0 Å². The number of hydrogen-bond acceptors (Lipinski definition) is 4. The molecular weight excluding hydrogens is 262 g/mol. The maximum atomic E-state index is 5.59. The Balaban J connectivity index is 1.93. The summed E-state index contributed by atoms with van der Waals surface area (Å²) in [4.78, 5) is 7.51.